The van der Waals surface area contributed by atoms with Crippen LogP contribution in [-0.2, 0) is 0 Å². The molecule has 13 heavy (non-hydrogen) atoms. The second-order valence-electron chi connectivity index (χ2n) is 3.72. The first-order valence-electron chi connectivity index (χ1n) is 4.15. The lowest BCUT2D eigenvalue weighted by atomic mass is 10.1. The molecule has 1 aliphatic heterocycles. The van der Waals surface area contributed by atoms with Gasteiger partial charge >= 0.3 is 0 Å². The summed E-state index contributed by atoms with van der Waals surface area (Å²) >= 11 is 3.36. The summed E-state index contributed by atoms with van der Waals surface area (Å²) in [6, 6.07) is 1.93. The molecule has 0 saturated carbocycles. The van der Waals surface area contributed by atoms with Crippen molar-refractivity contribution in [3.8, 4) is 5.75 Å². The summed E-state index contributed by atoms with van der Waals surface area (Å²) < 4.78 is 6.68. The number of nitrogens with zero attached hydrogens (tertiary/aromatic N) is 1. The highest BCUT2D eigenvalue weighted by Crippen LogP contribution is 2.32. The van der Waals surface area contributed by atoms with Crippen molar-refractivity contribution >= 4 is 21.7 Å². The molecule has 0 bridgehead atoms. The Hall–Kier alpha value is -0.770. The number of hydrogen-bond donors (Lipinski definition) is 1. The molecule has 0 aliphatic carbocycles. The van der Waals surface area contributed by atoms with Crippen molar-refractivity contribution < 1.29 is 4.74 Å². The highest BCUT2D eigenvalue weighted by molar-refractivity contribution is 9.10. The lowest BCUT2D eigenvalue weighted by Gasteiger charge is -2.32. The minimum atomic E-state index is -0.157. The van der Waals surface area contributed by atoms with Crippen LogP contribution in [-0.4, -0.2) is 17.1 Å². The fraction of sp³-hybridized carbons (Fsp3) is 0.444. The van der Waals surface area contributed by atoms with E-state index < -0.39 is 0 Å². The van der Waals surface area contributed by atoms with E-state index in [0.29, 0.717) is 0 Å². The molecule has 0 amide bonds. The van der Waals surface area contributed by atoms with Crippen LogP contribution in [0.5, 0.6) is 5.75 Å². The predicted molar refractivity (Wildman–Crippen MR) is 55.1 cm³/mol. The number of halogens is 1. The number of hydrogen-bond acceptors (Lipinski definition) is 3. The zero-order chi connectivity index (χ0) is 9.47. The molecule has 1 aliphatic rings. The van der Waals surface area contributed by atoms with Crippen LogP contribution in [0.2, 0.25) is 0 Å². The molecule has 0 radical (unpaired) electrons. The standard InChI is InChI=1S/C9H11BrN2O/c1-9(2)5-12-8-7(13-9)3-6(10)4-11-8/h3-4H,5H2,1-2H3,(H,11,12). The lowest BCUT2D eigenvalue weighted by Crippen LogP contribution is -2.40. The largest absolute Gasteiger partial charge is 0.482 e. The van der Waals surface area contributed by atoms with Crippen LogP contribution in [0.3, 0.4) is 0 Å². The monoisotopic (exact) mass is 242 g/mol. The molecular weight excluding hydrogens is 232 g/mol. The van der Waals surface area contributed by atoms with Crippen LogP contribution in [0.1, 0.15) is 13.8 Å². The van der Waals surface area contributed by atoms with Crippen molar-refractivity contribution in [2.24, 2.45) is 0 Å². The van der Waals surface area contributed by atoms with Gasteiger partial charge in [0.15, 0.2) is 11.6 Å². The molecule has 0 saturated heterocycles. The molecule has 1 aromatic heterocycles. The van der Waals surface area contributed by atoms with Gasteiger partial charge < -0.3 is 10.1 Å². The molecule has 3 nitrogen and oxygen atoms in total. The first-order valence-corrected chi connectivity index (χ1v) is 4.95. The Morgan fingerprint density at radius 1 is 1.62 bits per heavy atom. The van der Waals surface area contributed by atoms with E-state index in [-0.39, 0.29) is 5.60 Å². The van der Waals surface area contributed by atoms with Crippen molar-refractivity contribution in [1.82, 2.24) is 4.98 Å². The molecule has 1 N–H and O–H groups in total. The molecule has 0 aromatic carbocycles. The first kappa shape index (κ1) is 8.81. The summed E-state index contributed by atoms with van der Waals surface area (Å²) in [5.41, 5.74) is -0.157. The zero-order valence-electron chi connectivity index (χ0n) is 7.60. The van der Waals surface area contributed by atoms with Gasteiger partial charge in [0.2, 0.25) is 0 Å². The highest BCUT2D eigenvalue weighted by Gasteiger charge is 2.26. The average Bonchev–Trinajstić information content (AvgIpc) is 2.01. The normalized spacial score (nSPS) is 18.4. The fourth-order valence-corrected chi connectivity index (χ4v) is 1.57. The molecule has 4 heteroatoms. The van der Waals surface area contributed by atoms with Gasteiger partial charge in [-0.15, -0.1) is 0 Å². The summed E-state index contributed by atoms with van der Waals surface area (Å²) in [5, 5.41) is 3.22. The topological polar surface area (TPSA) is 34.2 Å². The average molecular weight is 243 g/mol. The number of anilines is 1. The van der Waals surface area contributed by atoms with E-state index in [1.165, 1.54) is 0 Å². The van der Waals surface area contributed by atoms with Crippen molar-refractivity contribution in [2.45, 2.75) is 19.4 Å². The van der Waals surface area contributed by atoms with Gasteiger partial charge in [-0.05, 0) is 35.8 Å². The van der Waals surface area contributed by atoms with Gasteiger partial charge in [0.25, 0.3) is 0 Å². The lowest BCUT2D eigenvalue weighted by molar-refractivity contribution is 0.115. The fourth-order valence-electron chi connectivity index (χ4n) is 1.26. The summed E-state index contributed by atoms with van der Waals surface area (Å²) in [4.78, 5) is 4.20. The molecule has 0 atom stereocenters. The number of rotatable bonds is 0. The highest BCUT2D eigenvalue weighted by atomic mass is 79.9. The van der Waals surface area contributed by atoms with E-state index in [4.69, 9.17) is 4.74 Å². The Labute approximate surface area is 85.6 Å². The summed E-state index contributed by atoms with van der Waals surface area (Å²) in [5.74, 6) is 1.63. The molecule has 2 rings (SSSR count). The number of pyridine rings is 1. The van der Waals surface area contributed by atoms with Crippen molar-refractivity contribution in [2.75, 3.05) is 11.9 Å². The van der Waals surface area contributed by atoms with Crippen LogP contribution < -0.4 is 10.1 Å². The second-order valence-corrected chi connectivity index (χ2v) is 4.63. The number of ether oxygens (including phenoxy) is 1. The maximum atomic E-state index is 5.75. The van der Waals surface area contributed by atoms with E-state index in [1.54, 1.807) is 6.20 Å². The van der Waals surface area contributed by atoms with Crippen LogP contribution in [0.15, 0.2) is 16.7 Å². The molecule has 0 unspecified atom stereocenters. The quantitative estimate of drug-likeness (QED) is 0.759. The smallest absolute Gasteiger partial charge is 0.169 e. The number of fused-ring (bicyclic) bond motifs is 1. The Balaban J connectivity index is 2.38. The van der Waals surface area contributed by atoms with Crippen molar-refractivity contribution in [3.63, 3.8) is 0 Å². The van der Waals surface area contributed by atoms with Gasteiger partial charge in [0.1, 0.15) is 5.60 Å². The Kier molecular flexibility index (Phi) is 1.95. The van der Waals surface area contributed by atoms with E-state index in [0.717, 1.165) is 22.6 Å². The Morgan fingerprint density at radius 2 is 2.38 bits per heavy atom. The third-order valence-corrected chi connectivity index (χ3v) is 2.32. The van der Waals surface area contributed by atoms with Crippen LogP contribution in [0.25, 0.3) is 0 Å². The minimum absolute atomic E-state index is 0.157. The minimum Gasteiger partial charge on any atom is -0.482 e. The number of aromatic nitrogens is 1. The van der Waals surface area contributed by atoms with Gasteiger partial charge in [0, 0.05) is 10.7 Å². The van der Waals surface area contributed by atoms with E-state index in [2.05, 4.69) is 26.2 Å². The summed E-state index contributed by atoms with van der Waals surface area (Å²) in [7, 11) is 0. The van der Waals surface area contributed by atoms with Crippen molar-refractivity contribution in [1.29, 1.82) is 0 Å². The predicted octanol–water partition coefficient (Wildman–Crippen LogP) is 2.43. The summed E-state index contributed by atoms with van der Waals surface area (Å²) in [6.07, 6.45) is 1.76. The van der Waals surface area contributed by atoms with E-state index >= 15 is 0 Å². The first-order chi connectivity index (χ1) is 6.07. The maximum absolute atomic E-state index is 5.75. The molecule has 0 fully saturated rings. The molecular formula is C9H11BrN2O. The number of nitrogens with one attached hydrogen (secondary N) is 1. The van der Waals surface area contributed by atoms with E-state index in [1.807, 2.05) is 19.9 Å². The maximum Gasteiger partial charge on any atom is 0.169 e. The Morgan fingerprint density at radius 3 is 3.15 bits per heavy atom. The van der Waals surface area contributed by atoms with Crippen LogP contribution in [0.4, 0.5) is 5.82 Å². The second kappa shape index (κ2) is 2.87. The molecule has 0 spiro atoms. The van der Waals surface area contributed by atoms with Gasteiger partial charge in [-0.2, -0.15) is 0 Å². The molecule has 2 heterocycles. The van der Waals surface area contributed by atoms with Gasteiger partial charge in [0.05, 0.1) is 6.54 Å². The van der Waals surface area contributed by atoms with Gasteiger partial charge in [-0.25, -0.2) is 4.98 Å². The third kappa shape index (κ3) is 1.77. The van der Waals surface area contributed by atoms with E-state index in [9.17, 15) is 0 Å². The summed E-state index contributed by atoms with van der Waals surface area (Å²) in [6.45, 7) is 4.88. The van der Waals surface area contributed by atoms with Crippen LogP contribution >= 0.6 is 15.9 Å². The SMILES string of the molecule is CC1(C)CNc2ncc(Br)cc2O1. The third-order valence-electron chi connectivity index (χ3n) is 1.89. The van der Waals surface area contributed by atoms with Gasteiger partial charge in [-0.3, -0.25) is 0 Å². The molecule has 1 aromatic rings. The van der Waals surface area contributed by atoms with Crippen LogP contribution in [0, 0.1) is 0 Å². The zero-order valence-corrected chi connectivity index (χ0v) is 9.18. The van der Waals surface area contributed by atoms with Gasteiger partial charge in [-0.1, -0.05) is 0 Å². The van der Waals surface area contributed by atoms with Crippen molar-refractivity contribution in [3.05, 3.63) is 16.7 Å². The molecule has 70 valence electrons. The Bertz CT molecular complexity index is 338.